The SMILES string of the molecule is CC(C)Oc1cccc(C(=O)N(C)Cc2ccc(C(=O)O)cc2)n1. The van der Waals surface area contributed by atoms with Crippen molar-refractivity contribution in [2.45, 2.75) is 26.5 Å². The number of aromatic nitrogens is 1. The van der Waals surface area contributed by atoms with E-state index in [9.17, 15) is 9.59 Å². The minimum atomic E-state index is -0.975. The van der Waals surface area contributed by atoms with Crippen molar-refractivity contribution in [3.8, 4) is 5.88 Å². The fourth-order valence-corrected chi connectivity index (χ4v) is 2.14. The second kappa shape index (κ2) is 7.59. The van der Waals surface area contributed by atoms with Crippen LogP contribution >= 0.6 is 0 Å². The number of pyridine rings is 1. The molecule has 0 saturated carbocycles. The van der Waals surface area contributed by atoms with Crippen molar-refractivity contribution < 1.29 is 19.4 Å². The van der Waals surface area contributed by atoms with Crippen molar-refractivity contribution in [3.63, 3.8) is 0 Å². The molecule has 1 aromatic heterocycles. The predicted molar refractivity (Wildman–Crippen MR) is 89.2 cm³/mol. The lowest BCUT2D eigenvalue weighted by molar-refractivity contribution is 0.0695. The average Bonchev–Trinajstić information content (AvgIpc) is 2.54. The number of carbonyl (C=O) groups is 2. The van der Waals surface area contributed by atoms with E-state index in [4.69, 9.17) is 9.84 Å². The first-order valence-corrected chi connectivity index (χ1v) is 7.58. The third-order valence-electron chi connectivity index (χ3n) is 3.27. The minimum absolute atomic E-state index is 0.0201. The summed E-state index contributed by atoms with van der Waals surface area (Å²) in [5.41, 5.74) is 1.36. The van der Waals surface area contributed by atoms with E-state index in [1.165, 1.54) is 17.0 Å². The van der Waals surface area contributed by atoms with Crippen LogP contribution < -0.4 is 4.74 Å². The van der Waals surface area contributed by atoms with Gasteiger partial charge >= 0.3 is 5.97 Å². The Morgan fingerprint density at radius 1 is 1.17 bits per heavy atom. The summed E-state index contributed by atoms with van der Waals surface area (Å²) >= 11 is 0. The largest absolute Gasteiger partial charge is 0.478 e. The van der Waals surface area contributed by atoms with Gasteiger partial charge in [0.15, 0.2) is 0 Å². The van der Waals surface area contributed by atoms with Gasteiger partial charge in [-0.25, -0.2) is 9.78 Å². The zero-order valence-electron chi connectivity index (χ0n) is 13.9. The first kappa shape index (κ1) is 17.5. The minimum Gasteiger partial charge on any atom is -0.478 e. The maximum absolute atomic E-state index is 12.5. The van der Waals surface area contributed by atoms with Crippen LogP contribution in [-0.4, -0.2) is 40.0 Å². The molecule has 0 radical (unpaired) electrons. The maximum Gasteiger partial charge on any atom is 0.335 e. The Labute approximate surface area is 140 Å². The number of aromatic carboxylic acids is 1. The van der Waals surface area contributed by atoms with Crippen molar-refractivity contribution >= 4 is 11.9 Å². The van der Waals surface area contributed by atoms with E-state index in [1.54, 1.807) is 37.4 Å². The molecule has 0 spiro atoms. The number of benzene rings is 1. The fourth-order valence-electron chi connectivity index (χ4n) is 2.14. The summed E-state index contributed by atoms with van der Waals surface area (Å²) in [7, 11) is 1.67. The molecule has 1 amide bonds. The quantitative estimate of drug-likeness (QED) is 0.882. The molecule has 0 atom stereocenters. The summed E-state index contributed by atoms with van der Waals surface area (Å²) in [6.45, 7) is 4.14. The average molecular weight is 328 g/mol. The van der Waals surface area contributed by atoms with Crippen LogP contribution in [-0.2, 0) is 6.54 Å². The molecule has 1 N–H and O–H groups in total. The van der Waals surface area contributed by atoms with Crippen molar-refractivity contribution in [1.82, 2.24) is 9.88 Å². The Balaban J connectivity index is 2.07. The van der Waals surface area contributed by atoms with Gasteiger partial charge in [0.25, 0.3) is 5.91 Å². The van der Waals surface area contributed by atoms with Gasteiger partial charge < -0.3 is 14.7 Å². The van der Waals surface area contributed by atoms with Crippen molar-refractivity contribution in [3.05, 3.63) is 59.3 Å². The fraction of sp³-hybridized carbons (Fsp3) is 0.278. The van der Waals surface area contributed by atoms with Gasteiger partial charge in [0.2, 0.25) is 5.88 Å². The number of hydrogen-bond donors (Lipinski definition) is 1. The topological polar surface area (TPSA) is 79.7 Å². The summed E-state index contributed by atoms with van der Waals surface area (Å²) in [5.74, 6) is -0.793. The van der Waals surface area contributed by atoms with Crippen LogP contribution in [0.4, 0.5) is 0 Å². The van der Waals surface area contributed by atoms with E-state index in [-0.39, 0.29) is 17.6 Å². The molecule has 24 heavy (non-hydrogen) atoms. The normalized spacial score (nSPS) is 10.5. The standard InChI is InChI=1S/C18H20N2O4/c1-12(2)24-16-6-4-5-15(19-16)17(21)20(3)11-13-7-9-14(10-8-13)18(22)23/h4-10,12H,11H2,1-3H3,(H,22,23). The van der Waals surface area contributed by atoms with Crippen LogP contribution in [0.2, 0.25) is 0 Å². The Morgan fingerprint density at radius 2 is 1.83 bits per heavy atom. The zero-order chi connectivity index (χ0) is 17.7. The van der Waals surface area contributed by atoms with Crippen molar-refractivity contribution in [2.75, 3.05) is 7.05 Å². The molecule has 6 nitrogen and oxygen atoms in total. The van der Waals surface area contributed by atoms with E-state index in [0.717, 1.165) is 5.56 Å². The van der Waals surface area contributed by atoms with Gasteiger partial charge in [-0.1, -0.05) is 18.2 Å². The molecule has 126 valence electrons. The molecular formula is C18H20N2O4. The number of amides is 1. The maximum atomic E-state index is 12.5. The summed E-state index contributed by atoms with van der Waals surface area (Å²) in [4.78, 5) is 29.1. The van der Waals surface area contributed by atoms with Crippen LogP contribution in [0, 0.1) is 0 Å². The molecule has 0 aliphatic rings. The van der Waals surface area contributed by atoms with E-state index in [0.29, 0.717) is 18.1 Å². The third-order valence-corrected chi connectivity index (χ3v) is 3.27. The number of nitrogens with zero attached hydrogens (tertiary/aromatic N) is 2. The lowest BCUT2D eigenvalue weighted by atomic mass is 10.1. The van der Waals surface area contributed by atoms with Crippen LogP contribution in [0.1, 0.15) is 40.3 Å². The smallest absolute Gasteiger partial charge is 0.335 e. The van der Waals surface area contributed by atoms with E-state index < -0.39 is 5.97 Å². The van der Waals surface area contributed by atoms with Gasteiger partial charge in [-0.3, -0.25) is 4.79 Å². The molecule has 0 bridgehead atoms. The highest BCUT2D eigenvalue weighted by Crippen LogP contribution is 2.13. The lowest BCUT2D eigenvalue weighted by Crippen LogP contribution is -2.27. The first-order chi connectivity index (χ1) is 11.4. The summed E-state index contributed by atoms with van der Waals surface area (Å²) in [6, 6.07) is 11.5. The molecule has 2 rings (SSSR count). The van der Waals surface area contributed by atoms with E-state index in [2.05, 4.69) is 4.98 Å². The van der Waals surface area contributed by atoms with Crippen LogP contribution in [0.15, 0.2) is 42.5 Å². The van der Waals surface area contributed by atoms with Gasteiger partial charge in [-0.2, -0.15) is 0 Å². The predicted octanol–water partition coefficient (Wildman–Crippen LogP) is 2.84. The third kappa shape index (κ3) is 4.55. The molecular weight excluding hydrogens is 308 g/mol. The highest BCUT2D eigenvalue weighted by Gasteiger charge is 2.15. The first-order valence-electron chi connectivity index (χ1n) is 7.58. The summed E-state index contributed by atoms with van der Waals surface area (Å²) in [6.07, 6.45) is -0.0201. The second-order valence-corrected chi connectivity index (χ2v) is 5.69. The van der Waals surface area contributed by atoms with E-state index in [1.807, 2.05) is 13.8 Å². The molecule has 6 heteroatoms. The van der Waals surface area contributed by atoms with Gasteiger partial charge in [0.05, 0.1) is 11.7 Å². The molecule has 1 aromatic carbocycles. The summed E-state index contributed by atoms with van der Waals surface area (Å²) in [5, 5.41) is 8.90. The Hall–Kier alpha value is -2.89. The zero-order valence-corrected chi connectivity index (χ0v) is 13.9. The number of rotatable bonds is 6. The molecule has 0 fully saturated rings. The summed E-state index contributed by atoms with van der Waals surface area (Å²) < 4.78 is 5.50. The highest BCUT2D eigenvalue weighted by atomic mass is 16.5. The number of hydrogen-bond acceptors (Lipinski definition) is 4. The number of carboxylic acid groups (broad SMARTS) is 1. The number of carbonyl (C=O) groups excluding carboxylic acids is 1. The molecule has 0 aliphatic heterocycles. The second-order valence-electron chi connectivity index (χ2n) is 5.69. The van der Waals surface area contributed by atoms with Gasteiger partial charge in [0, 0.05) is 19.7 Å². The molecule has 1 heterocycles. The molecule has 0 saturated heterocycles. The Kier molecular flexibility index (Phi) is 5.52. The molecule has 0 aliphatic carbocycles. The van der Waals surface area contributed by atoms with Gasteiger partial charge in [-0.15, -0.1) is 0 Å². The van der Waals surface area contributed by atoms with Crippen molar-refractivity contribution in [1.29, 1.82) is 0 Å². The van der Waals surface area contributed by atoms with E-state index >= 15 is 0 Å². The number of ether oxygens (including phenoxy) is 1. The number of carboxylic acids is 1. The molecule has 0 unspecified atom stereocenters. The van der Waals surface area contributed by atoms with Crippen LogP contribution in [0.5, 0.6) is 5.88 Å². The Morgan fingerprint density at radius 3 is 2.42 bits per heavy atom. The Bertz CT molecular complexity index is 726. The highest BCUT2D eigenvalue weighted by molar-refractivity contribution is 5.92. The van der Waals surface area contributed by atoms with Crippen LogP contribution in [0.25, 0.3) is 0 Å². The van der Waals surface area contributed by atoms with Gasteiger partial charge in [-0.05, 0) is 37.6 Å². The van der Waals surface area contributed by atoms with Crippen LogP contribution in [0.3, 0.4) is 0 Å². The molecule has 2 aromatic rings. The lowest BCUT2D eigenvalue weighted by Gasteiger charge is -2.17. The monoisotopic (exact) mass is 328 g/mol. The van der Waals surface area contributed by atoms with Crippen molar-refractivity contribution in [2.24, 2.45) is 0 Å². The van der Waals surface area contributed by atoms with Gasteiger partial charge in [0.1, 0.15) is 5.69 Å².